The molecule has 0 spiro atoms. The lowest BCUT2D eigenvalue weighted by atomic mass is 10.2. The van der Waals surface area contributed by atoms with Gasteiger partial charge in [0.1, 0.15) is 32.5 Å². The first-order chi connectivity index (χ1) is 10.6. The lowest BCUT2D eigenvalue weighted by Gasteiger charge is -2.21. The van der Waals surface area contributed by atoms with Crippen LogP contribution in [0, 0.1) is 0 Å². The molecule has 0 N–H and O–H groups in total. The van der Waals surface area contributed by atoms with Crippen molar-refractivity contribution in [1.82, 2.24) is 0 Å². The molecule has 0 unspecified atom stereocenters. The van der Waals surface area contributed by atoms with Crippen molar-refractivity contribution < 1.29 is 13.7 Å². The number of hydrogen-bond acceptors (Lipinski definition) is 1. The summed E-state index contributed by atoms with van der Waals surface area (Å²) in [7, 11) is 6.11. The van der Waals surface area contributed by atoms with Gasteiger partial charge < -0.3 is 0 Å². The van der Waals surface area contributed by atoms with Crippen molar-refractivity contribution in [3.05, 3.63) is 73.6 Å². The Hall–Kier alpha value is -2.75. The fourth-order valence-electron chi connectivity index (χ4n) is 2.50. The molecule has 4 heteroatoms. The van der Waals surface area contributed by atoms with E-state index in [0.29, 0.717) is 0 Å². The van der Waals surface area contributed by atoms with Crippen LogP contribution < -0.4 is 18.6 Å². The Bertz CT molecular complexity index is 736. The van der Waals surface area contributed by atoms with Gasteiger partial charge in [0.2, 0.25) is 0 Å². The van der Waals surface area contributed by atoms with Crippen LogP contribution in [-0.2, 0) is 21.1 Å². The summed E-state index contributed by atoms with van der Waals surface area (Å²) < 4.78 is 6.17. The number of hydrogen-bond donors (Lipinski definition) is 0. The van der Waals surface area contributed by atoms with Gasteiger partial charge in [-0.05, 0) is 12.1 Å². The molecule has 0 bridgehead atoms. The Morgan fingerprint density at radius 3 is 1.55 bits per heavy atom. The average Bonchev–Trinajstić information content (AvgIpc) is 2.50. The molecule has 3 rings (SSSR count). The van der Waals surface area contributed by atoms with E-state index in [2.05, 4.69) is 75.2 Å². The number of nitrogens with zero attached hydrogens (tertiary/aromatic N) is 4. The maximum atomic E-state index is 2.25. The minimum absolute atomic E-state index is 1.13. The zero-order valence-electron chi connectivity index (χ0n) is 13.2. The van der Waals surface area contributed by atoms with Crippen LogP contribution >= 0.6 is 0 Å². The second-order valence-electron chi connectivity index (χ2n) is 5.51. The first-order valence-corrected chi connectivity index (χ1v) is 7.29. The molecular weight excluding hydrogens is 272 g/mol. The average molecular weight is 293 g/mol. The van der Waals surface area contributed by atoms with Crippen LogP contribution in [0.4, 0.5) is 17.1 Å². The first kappa shape index (κ1) is 14.2. The highest BCUT2D eigenvalue weighted by Gasteiger charge is 2.17. The molecule has 110 valence electrons. The van der Waals surface area contributed by atoms with Gasteiger partial charge in [0, 0.05) is 24.3 Å². The van der Waals surface area contributed by atoms with Crippen LogP contribution in [-0.4, -0.2) is 0 Å². The van der Waals surface area contributed by atoms with Gasteiger partial charge in [-0.2, -0.15) is 0 Å². The molecule has 22 heavy (non-hydrogen) atoms. The molecule has 0 fully saturated rings. The number of anilines is 3. The molecule has 0 atom stereocenters. The zero-order valence-corrected chi connectivity index (χ0v) is 13.2. The van der Waals surface area contributed by atoms with Gasteiger partial charge in [0.25, 0.3) is 0 Å². The summed E-state index contributed by atoms with van der Waals surface area (Å²) in [5.74, 6) is 0. The third-order valence-electron chi connectivity index (χ3n) is 3.58. The molecule has 0 saturated carbocycles. The number of rotatable bonds is 3. The lowest BCUT2D eigenvalue weighted by molar-refractivity contribution is -0.671. The van der Waals surface area contributed by atoms with E-state index in [0.717, 1.165) is 17.1 Å². The van der Waals surface area contributed by atoms with Gasteiger partial charge in [-0.25, -0.2) is 13.7 Å². The number of pyridine rings is 3. The van der Waals surface area contributed by atoms with E-state index < -0.39 is 0 Å². The monoisotopic (exact) mass is 293 g/mol. The van der Waals surface area contributed by atoms with Gasteiger partial charge in [0.05, 0.1) is 5.69 Å². The molecule has 0 aliphatic heterocycles. The topological polar surface area (TPSA) is 14.9 Å². The highest BCUT2D eigenvalue weighted by Crippen LogP contribution is 2.31. The largest absolute Gasteiger partial charge is 0.299 e. The van der Waals surface area contributed by atoms with E-state index in [9.17, 15) is 0 Å². The van der Waals surface area contributed by atoms with Crippen LogP contribution in [0.2, 0.25) is 0 Å². The van der Waals surface area contributed by atoms with Crippen LogP contribution in [0.25, 0.3) is 0 Å². The highest BCUT2D eigenvalue weighted by atomic mass is 15.2. The zero-order chi connectivity index (χ0) is 15.5. The Kier molecular flexibility index (Phi) is 3.83. The standard InChI is InChI=1S/C18H21N4/c1-19-12-8-16(9-13-19)22(17-6-4-10-20(2)14-17)18-7-5-11-21(3)15-18/h4-15H,1-3H3/q+3. The Balaban J connectivity index is 2.15. The van der Waals surface area contributed by atoms with Gasteiger partial charge in [0.15, 0.2) is 37.2 Å². The summed E-state index contributed by atoms with van der Waals surface area (Å²) in [5.41, 5.74) is 3.39. The maximum absolute atomic E-state index is 2.25. The predicted octanol–water partition coefficient (Wildman–Crippen LogP) is 1.63. The van der Waals surface area contributed by atoms with Crippen molar-refractivity contribution in [2.75, 3.05) is 4.90 Å². The van der Waals surface area contributed by atoms with Crippen molar-refractivity contribution in [2.45, 2.75) is 0 Å². The molecule has 3 aromatic heterocycles. The van der Waals surface area contributed by atoms with Crippen LogP contribution in [0.3, 0.4) is 0 Å². The molecule has 0 aliphatic carbocycles. The SMILES string of the molecule is C[n+]1ccc(N(c2ccc[n+](C)c2)c2ccc[n+](C)c2)cc1. The van der Waals surface area contributed by atoms with Gasteiger partial charge >= 0.3 is 0 Å². The summed E-state index contributed by atoms with van der Waals surface area (Å²) >= 11 is 0. The van der Waals surface area contributed by atoms with Gasteiger partial charge in [-0.15, -0.1) is 0 Å². The normalized spacial score (nSPS) is 10.5. The Labute approximate surface area is 131 Å². The minimum Gasteiger partial charge on any atom is -0.299 e. The summed E-state index contributed by atoms with van der Waals surface area (Å²) in [6.07, 6.45) is 12.5. The van der Waals surface area contributed by atoms with E-state index in [-0.39, 0.29) is 0 Å². The van der Waals surface area contributed by atoms with E-state index in [1.165, 1.54) is 0 Å². The quantitative estimate of drug-likeness (QED) is 0.670. The van der Waals surface area contributed by atoms with Crippen molar-refractivity contribution in [1.29, 1.82) is 0 Å². The summed E-state index contributed by atoms with van der Waals surface area (Å²) in [5, 5.41) is 0. The smallest absolute Gasteiger partial charge is 0.192 e. The van der Waals surface area contributed by atoms with E-state index >= 15 is 0 Å². The third-order valence-corrected chi connectivity index (χ3v) is 3.58. The Morgan fingerprint density at radius 2 is 1.09 bits per heavy atom. The summed E-state index contributed by atoms with van der Waals surface area (Å²) in [4.78, 5) is 2.25. The molecule has 0 saturated heterocycles. The second kappa shape index (κ2) is 5.93. The molecule has 0 aromatic carbocycles. The predicted molar refractivity (Wildman–Crippen MR) is 84.7 cm³/mol. The summed E-state index contributed by atoms with van der Waals surface area (Å²) in [6, 6.07) is 12.6. The van der Waals surface area contributed by atoms with E-state index in [1.807, 2.05) is 38.1 Å². The molecule has 0 amide bonds. The lowest BCUT2D eigenvalue weighted by Crippen LogP contribution is -2.30. The van der Waals surface area contributed by atoms with Crippen molar-refractivity contribution in [3.63, 3.8) is 0 Å². The molecular formula is C18H21N4+3. The minimum atomic E-state index is 1.13. The number of aryl methyl sites for hydroxylation is 3. The maximum Gasteiger partial charge on any atom is 0.192 e. The highest BCUT2D eigenvalue weighted by molar-refractivity contribution is 5.74. The molecule has 4 nitrogen and oxygen atoms in total. The van der Waals surface area contributed by atoms with Gasteiger partial charge in [-0.1, -0.05) is 0 Å². The Morgan fingerprint density at radius 1 is 0.591 bits per heavy atom. The summed E-state index contributed by atoms with van der Waals surface area (Å²) in [6.45, 7) is 0. The van der Waals surface area contributed by atoms with Gasteiger partial charge in [-0.3, -0.25) is 4.90 Å². The van der Waals surface area contributed by atoms with E-state index in [1.54, 1.807) is 0 Å². The molecule has 0 aliphatic rings. The van der Waals surface area contributed by atoms with Crippen LogP contribution in [0.5, 0.6) is 0 Å². The first-order valence-electron chi connectivity index (χ1n) is 7.29. The second-order valence-corrected chi connectivity index (χ2v) is 5.51. The molecule has 3 aromatic rings. The van der Waals surface area contributed by atoms with Crippen LogP contribution in [0.1, 0.15) is 0 Å². The number of aromatic nitrogens is 3. The van der Waals surface area contributed by atoms with Crippen LogP contribution in [0.15, 0.2) is 73.6 Å². The van der Waals surface area contributed by atoms with Crippen molar-refractivity contribution in [3.8, 4) is 0 Å². The fraction of sp³-hybridized carbons (Fsp3) is 0.167. The van der Waals surface area contributed by atoms with E-state index in [4.69, 9.17) is 0 Å². The molecule has 0 radical (unpaired) electrons. The molecule has 3 heterocycles. The van der Waals surface area contributed by atoms with Crippen molar-refractivity contribution in [2.24, 2.45) is 21.1 Å². The van der Waals surface area contributed by atoms with Crippen molar-refractivity contribution >= 4 is 17.1 Å². The fourth-order valence-corrected chi connectivity index (χ4v) is 2.50. The third kappa shape index (κ3) is 2.96.